The van der Waals surface area contributed by atoms with Gasteiger partial charge in [0.2, 0.25) is 17.6 Å². The van der Waals surface area contributed by atoms with Crippen LogP contribution in [0.1, 0.15) is 48.8 Å². The van der Waals surface area contributed by atoms with E-state index in [1.54, 1.807) is 0 Å². The Kier molecular flexibility index (Phi) is 5.69. The second-order valence-corrected chi connectivity index (χ2v) is 7.10. The number of nitrogens with one attached hydrogen (secondary N) is 1. The summed E-state index contributed by atoms with van der Waals surface area (Å²) in [7, 11) is 0. The minimum atomic E-state index is -0.0616. The largest absolute Gasteiger partial charge is 0.339 e. The molecule has 5 nitrogen and oxygen atoms in total. The van der Waals surface area contributed by atoms with Gasteiger partial charge in [0.25, 0.3) is 0 Å². The number of aryl methyl sites for hydroxylation is 3. The number of carbonyl (C=O) groups excluding carboxylic acids is 1. The molecule has 0 atom stereocenters. The second kappa shape index (κ2) is 8.16. The standard InChI is InChI=1S/C22H25N3O2/c1-14(2)17-8-10-18(11-9-17)22-24-20(27-25-22)13-12-19(26)23-21-15(3)6-5-7-16(21)4/h5-11,14H,12-13H2,1-4H3,(H,23,26). The smallest absolute Gasteiger partial charge is 0.227 e. The molecule has 5 heteroatoms. The summed E-state index contributed by atoms with van der Waals surface area (Å²) in [6, 6.07) is 14.1. The zero-order chi connectivity index (χ0) is 19.4. The van der Waals surface area contributed by atoms with Crippen LogP contribution in [0.25, 0.3) is 11.4 Å². The predicted octanol–water partition coefficient (Wildman–Crippen LogP) is 5.05. The first kappa shape index (κ1) is 18.8. The minimum absolute atomic E-state index is 0.0616. The maximum absolute atomic E-state index is 12.3. The van der Waals surface area contributed by atoms with Crippen molar-refractivity contribution in [1.82, 2.24) is 10.1 Å². The molecule has 27 heavy (non-hydrogen) atoms. The van der Waals surface area contributed by atoms with Crippen LogP contribution in [-0.2, 0) is 11.2 Å². The molecule has 0 saturated carbocycles. The van der Waals surface area contributed by atoms with Gasteiger partial charge in [-0.1, -0.05) is 61.5 Å². The SMILES string of the molecule is Cc1cccc(C)c1NC(=O)CCc1nc(-c2ccc(C(C)C)cc2)no1. The first-order valence-corrected chi connectivity index (χ1v) is 9.23. The number of aromatic nitrogens is 2. The molecule has 0 aliphatic carbocycles. The van der Waals surface area contributed by atoms with Crippen LogP contribution in [0.5, 0.6) is 0 Å². The van der Waals surface area contributed by atoms with Gasteiger partial charge in [-0.3, -0.25) is 4.79 Å². The molecule has 0 radical (unpaired) electrons. The molecule has 1 aromatic heterocycles. The summed E-state index contributed by atoms with van der Waals surface area (Å²) in [4.78, 5) is 16.7. The van der Waals surface area contributed by atoms with Gasteiger partial charge in [-0.25, -0.2) is 0 Å². The molecule has 3 rings (SSSR count). The molecule has 0 saturated heterocycles. The van der Waals surface area contributed by atoms with Gasteiger partial charge in [-0.2, -0.15) is 4.98 Å². The van der Waals surface area contributed by atoms with Crippen LogP contribution < -0.4 is 5.32 Å². The first-order chi connectivity index (χ1) is 12.9. The van der Waals surface area contributed by atoms with Gasteiger partial charge < -0.3 is 9.84 Å². The summed E-state index contributed by atoms with van der Waals surface area (Å²) in [5.41, 5.74) is 5.15. The van der Waals surface area contributed by atoms with E-state index < -0.39 is 0 Å². The molecule has 0 aliphatic rings. The van der Waals surface area contributed by atoms with Crippen molar-refractivity contribution in [3.05, 3.63) is 65.0 Å². The Bertz CT molecular complexity index is 907. The molecular weight excluding hydrogens is 338 g/mol. The first-order valence-electron chi connectivity index (χ1n) is 9.23. The van der Waals surface area contributed by atoms with Gasteiger partial charge in [0.05, 0.1) is 0 Å². The Balaban J connectivity index is 1.60. The third-order valence-electron chi connectivity index (χ3n) is 4.62. The molecule has 1 heterocycles. The zero-order valence-corrected chi connectivity index (χ0v) is 16.2. The number of nitrogens with zero attached hydrogens (tertiary/aromatic N) is 2. The topological polar surface area (TPSA) is 68.0 Å². The van der Waals surface area contributed by atoms with Crippen molar-refractivity contribution in [2.24, 2.45) is 0 Å². The highest BCUT2D eigenvalue weighted by molar-refractivity contribution is 5.92. The third kappa shape index (κ3) is 4.61. The Hall–Kier alpha value is -2.95. The molecule has 0 aliphatic heterocycles. The van der Waals surface area contributed by atoms with E-state index >= 15 is 0 Å². The highest BCUT2D eigenvalue weighted by atomic mass is 16.5. The fourth-order valence-electron chi connectivity index (χ4n) is 2.92. The number of amides is 1. The lowest BCUT2D eigenvalue weighted by Gasteiger charge is -2.10. The third-order valence-corrected chi connectivity index (χ3v) is 4.62. The summed E-state index contributed by atoms with van der Waals surface area (Å²) in [5.74, 6) is 1.44. The Labute approximate surface area is 159 Å². The monoisotopic (exact) mass is 363 g/mol. The van der Waals surface area contributed by atoms with Gasteiger partial charge >= 0.3 is 0 Å². The highest BCUT2D eigenvalue weighted by Crippen LogP contribution is 2.22. The van der Waals surface area contributed by atoms with E-state index in [-0.39, 0.29) is 5.91 Å². The van der Waals surface area contributed by atoms with Crippen molar-refractivity contribution in [3.63, 3.8) is 0 Å². The van der Waals surface area contributed by atoms with Crippen LogP contribution in [-0.4, -0.2) is 16.0 Å². The normalized spacial score (nSPS) is 11.0. The van der Waals surface area contributed by atoms with Crippen LogP contribution in [0.15, 0.2) is 47.0 Å². The number of carbonyl (C=O) groups is 1. The van der Waals surface area contributed by atoms with Crippen molar-refractivity contribution < 1.29 is 9.32 Å². The second-order valence-electron chi connectivity index (χ2n) is 7.10. The quantitative estimate of drug-likeness (QED) is 0.665. The molecule has 0 unspecified atom stereocenters. The molecule has 1 N–H and O–H groups in total. The Morgan fingerprint density at radius 3 is 2.37 bits per heavy atom. The maximum Gasteiger partial charge on any atom is 0.227 e. The van der Waals surface area contributed by atoms with Crippen molar-refractivity contribution in [2.45, 2.75) is 46.5 Å². The number of hydrogen-bond acceptors (Lipinski definition) is 4. The Morgan fingerprint density at radius 2 is 1.74 bits per heavy atom. The predicted molar refractivity (Wildman–Crippen MR) is 107 cm³/mol. The molecule has 140 valence electrons. The van der Waals surface area contributed by atoms with Gasteiger partial charge in [0.1, 0.15) is 0 Å². The molecule has 0 spiro atoms. The average molecular weight is 363 g/mol. The lowest BCUT2D eigenvalue weighted by atomic mass is 10.0. The summed E-state index contributed by atoms with van der Waals surface area (Å²) >= 11 is 0. The molecule has 0 fully saturated rings. The van der Waals surface area contributed by atoms with Crippen LogP contribution in [0, 0.1) is 13.8 Å². The summed E-state index contributed by atoms with van der Waals surface area (Å²) in [6.45, 7) is 8.28. The van der Waals surface area contributed by atoms with Gasteiger partial charge in [0, 0.05) is 24.1 Å². The molecule has 0 bridgehead atoms. The van der Waals surface area contributed by atoms with E-state index in [2.05, 4.69) is 41.4 Å². The van der Waals surface area contributed by atoms with E-state index in [0.717, 1.165) is 22.4 Å². The van der Waals surface area contributed by atoms with Crippen molar-refractivity contribution in [1.29, 1.82) is 0 Å². The van der Waals surface area contributed by atoms with Crippen LogP contribution >= 0.6 is 0 Å². The van der Waals surface area contributed by atoms with Crippen LogP contribution in [0.4, 0.5) is 5.69 Å². The summed E-state index contributed by atoms with van der Waals surface area (Å²) < 4.78 is 5.30. The number of rotatable bonds is 6. The van der Waals surface area contributed by atoms with Crippen LogP contribution in [0.2, 0.25) is 0 Å². The number of benzene rings is 2. The van der Waals surface area contributed by atoms with Gasteiger partial charge in [-0.15, -0.1) is 0 Å². The molecular formula is C22H25N3O2. The van der Waals surface area contributed by atoms with E-state index in [1.807, 2.05) is 44.2 Å². The van der Waals surface area contributed by atoms with E-state index in [9.17, 15) is 4.79 Å². The zero-order valence-electron chi connectivity index (χ0n) is 16.2. The van der Waals surface area contributed by atoms with E-state index in [1.165, 1.54) is 5.56 Å². The van der Waals surface area contributed by atoms with E-state index in [0.29, 0.717) is 30.5 Å². The molecule has 3 aromatic rings. The number of hydrogen-bond donors (Lipinski definition) is 1. The fourth-order valence-corrected chi connectivity index (χ4v) is 2.92. The van der Waals surface area contributed by atoms with Crippen molar-refractivity contribution in [2.75, 3.05) is 5.32 Å². The van der Waals surface area contributed by atoms with Gasteiger partial charge in [0.15, 0.2) is 0 Å². The minimum Gasteiger partial charge on any atom is -0.339 e. The Morgan fingerprint density at radius 1 is 1.07 bits per heavy atom. The summed E-state index contributed by atoms with van der Waals surface area (Å²) in [5, 5.41) is 7.01. The van der Waals surface area contributed by atoms with Crippen molar-refractivity contribution >= 4 is 11.6 Å². The van der Waals surface area contributed by atoms with Crippen LogP contribution in [0.3, 0.4) is 0 Å². The fraction of sp³-hybridized carbons (Fsp3) is 0.318. The van der Waals surface area contributed by atoms with E-state index in [4.69, 9.17) is 4.52 Å². The average Bonchev–Trinajstić information content (AvgIpc) is 3.12. The van der Waals surface area contributed by atoms with Gasteiger partial charge in [-0.05, 0) is 36.5 Å². The number of anilines is 1. The molecule has 2 aromatic carbocycles. The summed E-state index contributed by atoms with van der Waals surface area (Å²) in [6.07, 6.45) is 0.704. The number of para-hydroxylation sites is 1. The highest BCUT2D eigenvalue weighted by Gasteiger charge is 2.12. The lowest BCUT2D eigenvalue weighted by molar-refractivity contribution is -0.116. The lowest BCUT2D eigenvalue weighted by Crippen LogP contribution is -2.14. The molecule has 1 amide bonds. The van der Waals surface area contributed by atoms with Crippen molar-refractivity contribution in [3.8, 4) is 11.4 Å². The maximum atomic E-state index is 12.3.